The molecule has 2 aromatic carbocycles. The molecule has 8 heteroatoms. The molecule has 1 aliphatic rings. The van der Waals surface area contributed by atoms with Crippen molar-refractivity contribution in [1.82, 2.24) is 5.32 Å². The quantitative estimate of drug-likeness (QED) is 0.543. The number of ether oxygens (including phenoxy) is 2. The number of anilines is 1. The Hall–Kier alpha value is -3.13. The molecule has 0 atom stereocenters. The predicted octanol–water partition coefficient (Wildman–Crippen LogP) is 3.83. The summed E-state index contributed by atoms with van der Waals surface area (Å²) in [5.41, 5.74) is 1.53. The van der Waals surface area contributed by atoms with E-state index in [0.717, 1.165) is 10.5 Å². The van der Waals surface area contributed by atoms with Gasteiger partial charge in [-0.1, -0.05) is 18.2 Å². The number of carbonyl (C=O) groups is 3. The van der Waals surface area contributed by atoms with E-state index in [1.54, 1.807) is 43.3 Å². The van der Waals surface area contributed by atoms with Gasteiger partial charge in [-0.15, -0.1) is 0 Å². The molecule has 0 aliphatic carbocycles. The molecule has 1 N–H and O–H groups in total. The van der Waals surface area contributed by atoms with Crippen molar-refractivity contribution in [2.45, 2.75) is 13.8 Å². The second kappa shape index (κ2) is 8.48. The van der Waals surface area contributed by atoms with E-state index in [9.17, 15) is 14.4 Å². The molecule has 1 heterocycles. The number of aryl methyl sites for hydroxylation is 1. The van der Waals surface area contributed by atoms with Gasteiger partial charge in [-0.05, 0) is 65.2 Å². The molecule has 7 nitrogen and oxygen atoms in total. The zero-order valence-electron chi connectivity index (χ0n) is 16.1. The fraction of sp³-hybridized carbons (Fsp3) is 0.190. The lowest BCUT2D eigenvalue weighted by Gasteiger charge is -2.27. The minimum atomic E-state index is -0.780. The molecule has 0 radical (unpaired) electrons. The third-order valence-corrected chi connectivity index (χ3v) is 4.89. The topological polar surface area (TPSA) is 84.9 Å². The summed E-state index contributed by atoms with van der Waals surface area (Å²) in [7, 11) is 1.52. The van der Waals surface area contributed by atoms with Crippen LogP contribution >= 0.6 is 15.9 Å². The Morgan fingerprint density at radius 2 is 1.90 bits per heavy atom. The van der Waals surface area contributed by atoms with E-state index in [-0.39, 0.29) is 5.57 Å². The van der Waals surface area contributed by atoms with Crippen molar-refractivity contribution in [2.75, 3.05) is 18.6 Å². The van der Waals surface area contributed by atoms with Gasteiger partial charge in [-0.2, -0.15) is 0 Å². The number of nitrogens with one attached hydrogen (secondary N) is 1. The summed E-state index contributed by atoms with van der Waals surface area (Å²) >= 11 is 3.41. The summed E-state index contributed by atoms with van der Waals surface area (Å²) in [6.45, 7) is 4.03. The Balaban J connectivity index is 2.06. The number of imide groups is 2. The molecule has 0 saturated carbocycles. The number of para-hydroxylation sites is 1. The van der Waals surface area contributed by atoms with Crippen LogP contribution in [-0.4, -0.2) is 31.6 Å². The van der Waals surface area contributed by atoms with Gasteiger partial charge in [-0.3, -0.25) is 14.9 Å². The van der Waals surface area contributed by atoms with Crippen LogP contribution in [0.3, 0.4) is 0 Å². The van der Waals surface area contributed by atoms with E-state index in [1.165, 1.54) is 13.2 Å². The molecule has 3 rings (SSSR count). The molecule has 1 aliphatic heterocycles. The van der Waals surface area contributed by atoms with Crippen LogP contribution in [0.1, 0.15) is 18.1 Å². The number of barbiturate groups is 1. The smallest absolute Gasteiger partial charge is 0.335 e. The van der Waals surface area contributed by atoms with E-state index in [0.29, 0.717) is 33.8 Å². The minimum Gasteiger partial charge on any atom is -0.492 e. The van der Waals surface area contributed by atoms with E-state index in [2.05, 4.69) is 21.2 Å². The number of hydrogen-bond acceptors (Lipinski definition) is 5. The van der Waals surface area contributed by atoms with Crippen LogP contribution in [0, 0.1) is 6.92 Å². The lowest BCUT2D eigenvalue weighted by Crippen LogP contribution is -2.54. The van der Waals surface area contributed by atoms with Crippen LogP contribution in [0.15, 0.2) is 46.4 Å². The summed E-state index contributed by atoms with van der Waals surface area (Å²) in [6, 6.07) is 9.53. The van der Waals surface area contributed by atoms with Gasteiger partial charge < -0.3 is 9.47 Å². The van der Waals surface area contributed by atoms with Crippen molar-refractivity contribution >= 4 is 45.5 Å². The number of benzene rings is 2. The zero-order valence-corrected chi connectivity index (χ0v) is 17.7. The van der Waals surface area contributed by atoms with Gasteiger partial charge in [0.2, 0.25) is 0 Å². The molecule has 4 amide bonds. The Bertz CT molecular complexity index is 1030. The molecule has 2 aromatic rings. The van der Waals surface area contributed by atoms with Crippen molar-refractivity contribution in [3.8, 4) is 11.5 Å². The summed E-state index contributed by atoms with van der Waals surface area (Å²) in [6.07, 6.45) is 1.42. The highest BCUT2D eigenvalue weighted by Gasteiger charge is 2.37. The number of rotatable bonds is 5. The predicted molar refractivity (Wildman–Crippen MR) is 112 cm³/mol. The normalized spacial score (nSPS) is 15.5. The number of nitrogens with zero attached hydrogens (tertiary/aromatic N) is 1. The molecule has 150 valence electrons. The van der Waals surface area contributed by atoms with Crippen molar-refractivity contribution in [3.05, 3.63) is 57.6 Å². The van der Waals surface area contributed by atoms with Gasteiger partial charge in [0.15, 0.2) is 11.5 Å². The highest BCUT2D eigenvalue weighted by Crippen LogP contribution is 2.37. The maximum atomic E-state index is 13.0. The largest absolute Gasteiger partial charge is 0.492 e. The van der Waals surface area contributed by atoms with Gasteiger partial charge in [0.05, 0.1) is 23.9 Å². The number of carbonyl (C=O) groups excluding carboxylic acids is 3. The first kappa shape index (κ1) is 20.6. The van der Waals surface area contributed by atoms with Gasteiger partial charge in [0.1, 0.15) is 5.57 Å². The first-order valence-electron chi connectivity index (χ1n) is 8.84. The lowest BCUT2D eigenvalue weighted by molar-refractivity contribution is -0.122. The van der Waals surface area contributed by atoms with Crippen LogP contribution < -0.4 is 19.7 Å². The van der Waals surface area contributed by atoms with Gasteiger partial charge in [0.25, 0.3) is 11.8 Å². The molecule has 1 fully saturated rings. The number of hydrogen-bond donors (Lipinski definition) is 1. The molecule has 0 spiro atoms. The number of methoxy groups -OCH3 is 1. The van der Waals surface area contributed by atoms with Crippen LogP contribution in [0.4, 0.5) is 10.5 Å². The Morgan fingerprint density at radius 3 is 2.55 bits per heavy atom. The highest BCUT2D eigenvalue weighted by atomic mass is 79.9. The summed E-state index contributed by atoms with van der Waals surface area (Å²) in [4.78, 5) is 38.7. The average molecular weight is 459 g/mol. The van der Waals surface area contributed by atoms with E-state index in [4.69, 9.17) is 9.47 Å². The van der Waals surface area contributed by atoms with Gasteiger partial charge >= 0.3 is 6.03 Å². The maximum Gasteiger partial charge on any atom is 0.335 e. The second-order valence-corrected chi connectivity index (χ2v) is 7.07. The lowest BCUT2D eigenvalue weighted by atomic mass is 10.1. The SMILES string of the molecule is CCOc1cc(/C=C2\C(=O)NC(=O)N(c3ccccc3C)C2=O)cc(Br)c1OC. The van der Waals surface area contributed by atoms with Crippen LogP contribution in [0.25, 0.3) is 6.08 Å². The number of amides is 4. The first-order valence-corrected chi connectivity index (χ1v) is 9.64. The molecule has 1 saturated heterocycles. The van der Waals surface area contributed by atoms with E-state index >= 15 is 0 Å². The molecule has 0 unspecified atom stereocenters. The third-order valence-electron chi connectivity index (χ3n) is 4.30. The molecule has 0 bridgehead atoms. The van der Waals surface area contributed by atoms with Gasteiger partial charge in [-0.25, -0.2) is 9.69 Å². The Kier molecular flexibility index (Phi) is 6.03. The Morgan fingerprint density at radius 1 is 1.17 bits per heavy atom. The van der Waals surface area contributed by atoms with Crippen molar-refractivity contribution in [1.29, 1.82) is 0 Å². The number of halogens is 1. The number of urea groups is 1. The van der Waals surface area contributed by atoms with E-state index < -0.39 is 17.8 Å². The fourth-order valence-electron chi connectivity index (χ4n) is 2.99. The minimum absolute atomic E-state index is 0.160. The first-order chi connectivity index (χ1) is 13.9. The van der Waals surface area contributed by atoms with Crippen LogP contribution in [-0.2, 0) is 9.59 Å². The standard InChI is InChI=1S/C21H19BrN2O5/c1-4-29-17-11-13(10-15(22)18(17)28-3)9-14-19(25)23-21(27)24(20(14)26)16-8-6-5-7-12(16)2/h5-11H,4H2,1-3H3,(H,23,25,27)/b14-9+. The summed E-state index contributed by atoms with van der Waals surface area (Å²) in [5.74, 6) is -0.482. The van der Waals surface area contributed by atoms with Crippen LogP contribution in [0.5, 0.6) is 11.5 Å². The third kappa shape index (κ3) is 4.02. The van der Waals surface area contributed by atoms with Crippen LogP contribution in [0.2, 0.25) is 0 Å². The van der Waals surface area contributed by atoms with E-state index in [1.807, 2.05) is 6.92 Å². The fourth-order valence-corrected chi connectivity index (χ4v) is 3.61. The molecular weight excluding hydrogens is 440 g/mol. The monoisotopic (exact) mass is 458 g/mol. The van der Waals surface area contributed by atoms with Crippen molar-refractivity contribution < 1.29 is 23.9 Å². The average Bonchev–Trinajstić information content (AvgIpc) is 2.67. The second-order valence-electron chi connectivity index (χ2n) is 6.21. The molecule has 29 heavy (non-hydrogen) atoms. The molecular formula is C21H19BrN2O5. The summed E-state index contributed by atoms with van der Waals surface area (Å²) < 4.78 is 11.5. The molecule has 0 aromatic heterocycles. The van der Waals surface area contributed by atoms with Crippen molar-refractivity contribution in [3.63, 3.8) is 0 Å². The maximum absolute atomic E-state index is 13.0. The highest BCUT2D eigenvalue weighted by molar-refractivity contribution is 9.10. The Labute approximate surface area is 176 Å². The van der Waals surface area contributed by atoms with Crippen molar-refractivity contribution in [2.24, 2.45) is 0 Å². The van der Waals surface area contributed by atoms with Gasteiger partial charge in [0, 0.05) is 0 Å². The summed E-state index contributed by atoms with van der Waals surface area (Å²) in [5, 5.41) is 2.22. The zero-order chi connectivity index (χ0) is 21.1.